The highest BCUT2D eigenvalue weighted by molar-refractivity contribution is 7.18. The number of hydrogen-bond acceptors (Lipinski definition) is 4. The van der Waals surface area contributed by atoms with Crippen molar-refractivity contribution >= 4 is 27.6 Å². The fraction of sp³-hybridized carbons (Fsp3) is 0.333. The Morgan fingerprint density at radius 3 is 3.00 bits per heavy atom. The highest BCUT2D eigenvalue weighted by atomic mass is 32.1. The summed E-state index contributed by atoms with van der Waals surface area (Å²) in [6.45, 7) is 0.699. The Morgan fingerprint density at radius 2 is 2.28 bits per heavy atom. The van der Waals surface area contributed by atoms with E-state index in [9.17, 15) is 4.79 Å². The number of benzene rings is 1. The number of amides is 2. The molecule has 0 unspecified atom stereocenters. The standard InChI is InChI=1S/C12H15N3O2S/c1-15(6-7-16)12(17)13-8-11-14-9-4-2-3-5-10(9)18-11/h2-5,16H,6-8H2,1H3,(H,13,17). The van der Waals surface area contributed by atoms with Crippen molar-refractivity contribution in [2.75, 3.05) is 20.2 Å². The van der Waals surface area contributed by atoms with E-state index in [-0.39, 0.29) is 12.6 Å². The van der Waals surface area contributed by atoms with Crippen LogP contribution in [0.1, 0.15) is 5.01 Å². The Balaban J connectivity index is 1.95. The van der Waals surface area contributed by atoms with E-state index in [4.69, 9.17) is 5.11 Å². The van der Waals surface area contributed by atoms with Gasteiger partial charge in [-0.15, -0.1) is 11.3 Å². The number of urea groups is 1. The van der Waals surface area contributed by atoms with Gasteiger partial charge in [-0.25, -0.2) is 9.78 Å². The molecule has 6 heteroatoms. The number of aliphatic hydroxyl groups is 1. The molecule has 18 heavy (non-hydrogen) atoms. The molecule has 0 radical (unpaired) electrons. The van der Waals surface area contributed by atoms with Gasteiger partial charge in [0.25, 0.3) is 0 Å². The summed E-state index contributed by atoms with van der Waals surface area (Å²) < 4.78 is 1.12. The van der Waals surface area contributed by atoms with Crippen LogP contribution in [0.3, 0.4) is 0 Å². The molecule has 0 saturated heterocycles. The van der Waals surface area contributed by atoms with Gasteiger partial charge in [0.15, 0.2) is 0 Å². The average Bonchev–Trinajstić information content (AvgIpc) is 2.78. The fourth-order valence-corrected chi connectivity index (χ4v) is 2.44. The highest BCUT2D eigenvalue weighted by Crippen LogP contribution is 2.21. The maximum Gasteiger partial charge on any atom is 0.317 e. The largest absolute Gasteiger partial charge is 0.395 e. The number of aromatic nitrogens is 1. The van der Waals surface area contributed by atoms with Crippen LogP contribution in [0.25, 0.3) is 10.2 Å². The van der Waals surface area contributed by atoms with Crippen LogP contribution in [-0.2, 0) is 6.54 Å². The highest BCUT2D eigenvalue weighted by Gasteiger charge is 2.08. The Kier molecular flexibility index (Phi) is 4.11. The Bertz CT molecular complexity index is 508. The summed E-state index contributed by atoms with van der Waals surface area (Å²) in [4.78, 5) is 17.5. The van der Waals surface area contributed by atoms with Crippen molar-refractivity contribution in [1.29, 1.82) is 0 Å². The molecule has 2 aromatic rings. The number of aliphatic hydroxyl groups excluding tert-OH is 1. The van der Waals surface area contributed by atoms with Crippen molar-refractivity contribution in [2.24, 2.45) is 0 Å². The summed E-state index contributed by atoms with van der Waals surface area (Å²) in [5.74, 6) is 0. The lowest BCUT2D eigenvalue weighted by molar-refractivity contribution is 0.190. The van der Waals surface area contributed by atoms with Crippen molar-refractivity contribution in [3.8, 4) is 0 Å². The summed E-state index contributed by atoms with van der Waals surface area (Å²) in [7, 11) is 1.64. The maximum atomic E-state index is 11.6. The molecule has 0 aliphatic carbocycles. The minimum absolute atomic E-state index is 0.0366. The van der Waals surface area contributed by atoms with Gasteiger partial charge in [0.05, 0.1) is 23.4 Å². The summed E-state index contributed by atoms with van der Waals surface area (Å²) in [5, 5.41) is 12.4. The third-order valence-corrected chi connectivity index (χ3v) is 3.55. The minimum Gasteiger partial charge on any atom is -0.395 e. The fourth-order valence-electron chi connectivity index (χ4n) is 1.53. The van der Waals surface area contributed by atoms with E-state index in [1.807, 2.05) is 24.3 Å². The molecule has 2 amide bonds. The summed E-state index contributed by atoms with van der Waals surface area (Å²) in [5.41, 5.74) is 0.954. The van der Waals surface area contributed by atoms with Gasteiger partial charge in [-0.05, 0) is 12.1 Å². The van der Waals surface area contributed by atoms with Crippen LogP contribution in [0, 0.1) is 0 Å². The molecule has 5 nitrogen and oxygen atoms in total. The van der Waals surface area contributed by atoms with E-state index in [0.29, 0.717) is 13.1 Å². The molecule has 96 valence electrons. The molecule has 0 saturated carbocycles. The summed E-state index contributed by atoms with van der Waals surface area (Å²) >= 11 is 1.57. The van der Waals surface area contributed by atoms with Crippen LogP contribution in [-0.4, -0.2) is 41.2 Å². The number of thiazole rings is 1. The Labute approximate surface area is 109 Å². The number of rotatable bonds is 4. The zero-order valence-corrected chi connectivity index (χ0v) is 10.9. The predicted molar refractivity (Wildman–Crippen MR) is 71.6 cm³/mol. The lowest BCUT2D eigenvalue weighted by Gasteiger charge is -2.15. The lowest BCUT2D eigenvalue weighted by Crippen LogP contribution is -2.38. The van der Waals surface area contributed by atoms with E-state index in [1.54, 1.807) is 18.4 Å². The number of fused-ring (bicyclic) bond motifs is 1. The average molecular weight is 265 g/mol. The van der Waals surface area contributed by atoms with E-state index >= 15 is 0 Å². The number of hydrogen-bond donors (Lipinski definition) is 2. The molecular formula is C12H15N3O2S. The zero-order valence-electron chi connectivity index (χ0n) is 10.1. The molecule has 1 aromatic heterocycles. The normalized spacial score (nSPS) is 10.6. The molecule has 2 rings (SSSR count). The first kappa shape index (κ1) is 12.8. The number of nitrogens with zero attached hydrogens (tertiary/aromatic N) is 2. The minimum atomic E-state index is -0.205. The monoisotopic (exact) mass is 265 g/mol. The first-order chi connectivity index (χ1) is 8.70. The van der Waals surface area contributed by atoms with Crippen LogP contribution < -0.4 is 5.32 Å². The number of para-hydroxylation sites is 1. The number of carbonyl (C=O) groups excluding carboxylic acids is 1. The molecule has 1 heterocycles. The van der Waals surface area contributed by atoms with Crippen molar-refractivity contribution in [1.82, 2.24) is 15.2 Å². The summed E-state index contributed by atoms with van der Waals surface area (Å²) in [6, 6.07) is 7.67. The number of carbonyl (C=O) groups is 1. The van der Waals surface area contributed by atoms with Crippen LogP contribution >= 0.6 is 11.3 Å². The lowest BCUT2D eigenvalue weighted by atomic mass is 10.3. The van der Waals surface area contributed by atoms with Crippen molar-refractivity contribution in [2.45, 2.75) is 6.54 Å². The van der Waals surface area contributed by atoms with Gasteiger partial charge in [-0.2, -0.15) is 0 Å². The number of likely N-dealkylation sites (N-methyl/N-ethyl adjacent to an activating group) is 1. The van der Waals surface area contributed by atoms with Crippen LogP contribution in [0.5, 0.6) is 0 Å². The molecule has 0 aliphatic heterocycles. The van der Waals surface area contributed by atoms with E-state index in [2.05, 4.69) is 10.3 Å². The van der Waals surface area contributed by atoms with Gasteiger partial charge < -0.3 is 15.3 Å². The Morgan fingerprint density at radius 1 is 1.50 bits per heavy atom. The quantitative estimate of drug-likeness (QED) is 0.879. The topological polar surface area (TPSA) is 65.5 Å². The van der Waals surface area contributed by atoms with E-state index in [1.165, 1.54) is 4.90 Å². The first-order valence-electron chi connectivity index (χ1n) is 5.65. The molecule has 0 aliphatic rings. The van der Waals surface area contributed by atoms with Crippen molar-refractivity contribution in [3.05, 3.63) is 29.3 Å². The van der Waals surface area contributed by atoms with Gasteiger partial charge in [0.2, 0.25) is 0 Å². The molecule has 0 fully saturated rings. The van der Waals surface area contributed by atoms with Gasteiger partial charge in [-0.3, -0.25) is 0 Å². The van der Waals surface area contributed by atoms with Gasteiger partial charge >= 0.3 is 6.03 Å². The second-order valence-electron chi connectivity index (χ2n) is 3.88. The third kappa shape index (κ3) is 2.96. The third-order valence-electron chi connectivity index (χ3n) is 2.51. The first-order valence-corrected chi connectivity index (χ1v) is 6.46. The van der Waals surface area contributed by atoms with Crippen molar-refractivity contribution < 1.29 is 9.90 Å². The van der Waals surface area contributed by atoms with Gasteiger partial charge in [0, 0.05) is 13.6 Å². The van der Waals surface area contributed by atoms with Crippen LogP contribution in [0.15, 0.2) is 24.3 Å². The molecular weight excluding hydrogens is 250 g/mol. The van der Waals surface area contributed by atoms with E-state index in [0.717, 1.165) is 15.2 Å². The molecule has 1 aromatic carbocycles. The van der Waals surface area contributed by atoms with Crippen molar-refractivity contribution in [3.63, 3.8) is 0 Å². The predicted octanol–water partition coefficient (Wildman–Crippen LogP) is 1.43. The Hall–Kier alpha value is -1.66. The molecule has 0 spiro atoms. The second kappa shape index (κ2) is 5.79. The maximum absolute atomic E-state index is 11.6. The van der Waals surface area contributed by atoms with Crippen LogP contribution in [0.4, 0.5) is 4.79 Å². The van der Waals surface area contributed by atoms with Gasteiger partial charge in [0.1, 0.15) is 5.01 Å². The molecule has 0 bridgehead atoms. The van der Waals surface area contributed by atoms with E-state index < -0.39 is 0 Å². The zero-order chi connectivity index (χ0) is 13.0. The summed E-state index contributed by atoms with van der Waals surface area (Å²) in [6.07, 6.45) is 0. The smallest absolute Gasteiger partial charge is 0.317 e. The molecule has 0 atom stereocenters. The van der Waals surface area contributed by atoms with Crippen LogP contribution in [0.2, 0.25) is 0 Å². The number of nitrogens with one attached hydrogen (secondary N) is 1. The van der Waals surface area contributed by atoms with Gasteiger partial charge in [-0.1, -0.05) is 12.1 Å². The SMILES string of the molecule is CN(CCO)C(=O)NCc1nc2ccccc2s1. The second-order valence-corrected chi connectivity index (χ2v) is 4.99. The molecule has 2 N–H and O–H groups in total.